The van der Waals surface area contributed by atoms with Gasteiger partial charge in [-0.25, -0.2) is 4.98 Å². The molecule has 2 aromatic carbocycles. The lowest BCUT2D eigenvalue weighted by Gasteiger charge is -2.13. The van der Waals surface area contributed by atoms with Gasteiger partial charge in [-0.3, -0.25) is 4.79 Å². The molecule has 1 atom stereocenters. The fraction of sp³-hybridized carbons (Fsp3) is 0.158. The molecule has 0 saturated carbocycles. The molecule has 0 aliphatic heterocycles. The summed E-state index contributed by atoms with van der Waals surface area (Å²) in [5.41, 5.74) is 2.75. The summed E-state index contributed by atoms with van der Waals surface area (Å²) in [6.45, 7) is 6.36. The summed E-state index contributed by atoms with van der Waals surface area (Å²) in [6.07, 6.45) is 1.84. The first-order chi connectivity index (χ1) is 12.1. The molecule has 0 fully saturated rings. The van der Waals surface area contributed by atoms with Gasteiger partial charge in [0.05, 0.1) is 16.3 Å². The fourth-order valence-electron chi connectivity index (χ4n) is 2.44. The number of para-hydroxylation sites is 2. The van der Waals surface area contributed by atoms with Crippen molar-refractivity contribution >= 4 is 50.3 Å². The number of nitrogens with zero attached hydrogens (tertiary/aromatic N) is 2. The Morgan fingerprint density at radius 1 is 1.32 bits per heavy atom. The Morgan fingerprint density at radius 3 is 2.76 bits per heavy atom. The van der Waals surface area contributed by atoms with Crippen LogP contribution >= 0.6 is 27.7 Å². The van der Waals surface area contributed by atoms with Gasteiger partial charge in [-0.05, 0) is 43.3 Å². The van der Waals surface area contributed by atoms with Crippen LogP contribution in [-0.2, 0) is 11.3 Å². The molecule has 3 rings (SSSR count). The zero-order valence-corrected chi connectivity index (χ0v) is 16.2. The summed E-state index contributed by atoms with van der Waals surface area (Å²) in [4.78, 5) is 17.1. The van der Waals surface area contributed by atoms with Crippen LogP contribution in [0.5, 0.6) is 0 Å². The highest BCUT2D eigenvalue weighted by molar-refractivity contribution is 9.10. The van der Waals surface area contributed by atoms with Crippen molar-refractivity contribution in [2.45, 2.75) is 23.9 Å². The van der Waals surface area contributed by atoms with Gasteiger partial charge in [-0.15, -0.1) is 6.58 Å². The second-order valence-electron chi connectivity index (χ2n) is 5.54. The number of rotatable bonds is 6. The predicted octanol–water partition coefficient (Wildman–Crippen LogP) is 5.10. The Balaban J connectivity index is 1.77. The maximum atomic E-state index is 12.5. The molecule has 0 spiro atoms. The van der Waals surface area contributed by atoms with Gasteiger partial charge in [0.15, 0.2) is 5.16 Å². The highest BCUT2D eigenvalue weighted by Gasteiger charge is 2.19. The van der Waals surface area contributed by atoms with Crippen LogP contribution in [0.4, 0.5) is 5.69 Å². The van der Waals surface area contributed by atoms with Crippen molar-refractivity contribution in [3.8, 4) is 0 Å². The van der Waals surface area contributed by atoms with Gasteiger partial charge in [0.25, 0.3) is 0 Å². The van der Waals surface area contributed by atoms with E-state index in [0.29, 0.717) is 6.54 Å². The molecule has 25 heavy (non-hydrogen) atoms. The average molecular weight is 416 g/mol. The van der Waals surface area contributed by atoms with E-state index in [-0.39, 0.29) is 11.2 Å². The number of nitrogens with one attached hydrogen (secondary N) is 1. The summed E-state index contributed by atoms with van der Waals surface area (Å²) in [6, 6.07) is 15.5. The van der Waals surface area contributed by atoms with Gasteiger partial charge in [-0.1, -0.05) is 45.9 Å². The summed E-state index contributed by atoms with van der Waals surface area (Å²) >= 11 is 4.84. The number of hydrogen-bond donors (Lipinski definition) is 1. The van der Waals surface area contributed by atoms with Gasteiger partial charge < -0.3 is 9.88 Å². The molecule has 0 radical (unpaired) electrons. The molecule has 4 nitrogen and oxygen atoms in total. The first kappa shape index (κ1) is 17.8. The minimum atomic E-state index is -0.274. The van der Waals surface area contributed by atoms with Crippen molar-refractivity contribution in [3.63, 3.8) is 0 Å². The maximum Gasteiger partial charge on any atom is 0.237 e. The average Bonchev–Trinajstić information content (AvgIpc) is 2.95. The molecule has 1 amide bonds. The molecule has 3 aromatic rings. The number of amides is 1. The van der Waals surface area contributed by atoms with Crippen molar-refractivity contribution < 1.29 is 4.79 Å². The number of carbonyl (C=O) groups excluding carboxylic acids is 1. The minimum Gasteiger partial charge on any atom is -0.325 e. The molecule has 1 heterocycles. The molecular weight excluding hydrogens is 398 g/mol. The first-order valence-electron chi connectivity index (χ1n) is 7.87. The molecule has 0 aliphatic carbocycles. The number of benzene rings is 2. The molecule has 0 unspecified atom stereocenters. The van der Waals surface area contributed by atoms with Crippen molar-refractivity contribution in [1.82, 2.24) is 9.55 Å². The third kappa shape index (κ3) is 4.14. The molecule has 0 saturated heterocycles. The van der Waals surface area contributed by atoms with Crippen LogP contribution < -0.4 is 5.32 Å². The van der Waals surface area contributed by atoms with Gasteiger partial charge in [0.2, 0.25) is 5.91 Å². The minimum absolute atomic E-state index is 0.0514. The van der Waals surface area contributed by atoms with Crippen LogP contribution in [0.3, 0.4) is 0 Å². The molecular formula is C19H18BrN3OS. The van der Waals surface area contributed by atoms with Crippen molar-refractivity contribution in [1.29, 1.82) is 0 Å². The standard InChI is InChI=1S/C19H18BrN3OS/c1-3-12-23-17-7-5-4-6-16(17)22-19(23)25-13(2)18(24)21-15-10-8-14(20)9-11-15/h3-11,13H,1,12H2,2H3,(H,21,24)/t13-/m1/s1. The molecule has 0 bridgehead atoms. The van der Waals surface area contributed by atoms with E-state index in [2.05, 4.69) is 37.4 Å². The SMILES string of the molecule is C=CCn1c(S[C@H](C)C(=O)Nc2ccc(Br)cc2)nc2ccccc21. The van der Waals surface area contributed by atoms with E-state index < -0.39 is 0 Å². The van der Waals surface area contributed by atoms with E-state index in [4.69, 9.17) is 0 Å². The van der Waals surface area contributed by atoms with Gasteiger partial charge in [0, 0.05) is 16.7 Å². The summed E-state index contributed by atoms with van der Waals surface area (Å²) in [5, 5.41) is 3.48. The number of allylic oxidation sites excluding steroid dienone is 1. The third-order valence-corrected chi connectivity index (χ3v) is 5.31. The fourth-order valence-corrected chi connectivity index (χ4v) is 3.64. The van der Waals surface area contributed by atoms with Crippen LogP contribution in [0.15, 0.2) is 70.8 Å². The Hall–Kier alpha value is -2.05. The summed E-state index contributed by atoms with van der Waals surface area (Å²) in [7, 11) is 0. The lowest BCUT2D eigenvalue weighted by molar-refractivity contribution is -0.115. The normalized spacial score (nSPS) is 12.1. The summed E-state index contributed by atoms with van der Waals surface area (Å²) in [5.74, 6) is -0.0514. The zero-order valence-electron chi connectivity index (χ0n) is 13.8. The number of halogens is 1. The van der Waals surface area contributed by atoms with Gasteiger partial charge in [-0.2, -0.15) is 0 Å². The highest BCUT2D eigenvalue weighted by atomic mass is 79.9. The Morgan fingerprint density at radius 2 is 2.04 bits per heavy atom. The maximum absolute atomic E-state index is 12.5. The van der Waals surface area contributed by atoms with Crippen LogP contribution in [0.25, 0.3) is 11.0 Å². The zero-order chi connectivity index (χ0) is 17.8. The van der Waals surface area contributed by atoms with E-state index in [1.165, 1.54) is 11.8 Å². The van der Waals surface area contributed by atoms with E-state index in [1.807, 2.05) is 61.5 Å². The van der Waals surface area contributed by atoms with E-state index in [1.54, 1.807) is 0 Å². The Bertz CT molecular complexity index is 905. The largest absolute Gasteiger partial charge is 0.325 e. The number of fused-ring (bicyclic) bond motifs is 1. The van der Waals surface area contributed by atoms with Gasteiger partial charge in [0.1, 0.15) is 0 Å². The van der Waals surface area contributed by atoms with Crippen LogP contribution in [0.2, 0.25) is 0 Å². The van der Waals surface area contributed by atoms with E-state index in [0.717, 1.165) is 26.3 Å². The van der Waals surface area contributed by atoms with Crippen molar-refractivity contribution in [2.75, 3.05) is 5.32 Å². The van der Waals surface area contributed by atoms with Gasteiger partial charge >= 0.3 is 0 Å². The number of thioether (sulfide) groups is 1. The smallest absolute Gasteiger partial charge is 0.237 e. The molecule has 1 aromatic heterocycles. The predicted molar refractivity (Wildman–Crippen MR) is 108 cm³/mol. The molecule has 0 aliphatic rings. The Kier molecular flexibility index (Phi) is 5.60. The molecule has 6 heteroatoms. The van der Waals surface area contributed by atoms with E-state index >= 15 is 0 Å². The first-order valence-corrected chi connectivity index (χ1v) is 9.55. The molecule has 1 N–H and O–H groups in total. The number of hydrogen-bond acceptors (Lipinski definition) is 3. The number of aromatic nitrogens is 2. The third-order valence-electron chi connectivity index (χ3n) is 3.69. The summed E-state index contributed by atoms with van der Waals surface area (Å²) < 4.78 is 3.06. The van der Waals surface area contributed by atoms with Crippen LogP contribution in [0.1, 0.15) is 6.92 Å². The number of carbonyl (C=O) groups is 1. The number of imidazole rings is 1. The van der Waals surface area contributed by atoms with Crippen molar-refractivity contribution in [2.24, 2.45) is 0 Å². The van der Waals surface area contributed by atoms with Crippen LogP contribution in [0, 0.1) is 0 Å². The van der Waals surface area contributed by atoms with Crippen molar-refractivity contribution in [3.05, 3.63) is 65.7 Å². The molecule has 128 valence electrons. The quantitative estimate of drug-likeness (QED) is 0.449. The highest BCUT2D eigenvalue weighted by Crippen LogP contribution is 2.28. The van der Waals surface area contributed by atoms with E-state index in [9.17, 15) is 4.79 Å². The Labute approximate surface area is 159 Å². The number of anilines is 1. The lowest BCUT2D eigenvalue weighted by Crippen LogP contribution is -2.22. The monoisotopic (exact) mass is 415 g/mol. The second-order valence-corrected chi connectivity index (χ2v) is 7.76. The second kappa shape index (κ2) is 7.89. The van der Waals surface area contributed by atoms with Crippen LogP contribution in [-0.4, -0.2) is 20.7 Å². The lowest BCUT2D eigenvalue weighted by atomic mass is 10.3. The topological polar surface area (TPSA) is 46.9 Å².